The molecule has 7 nitrogen and oxygen atoms in total. The van der Waals surface area contributed by atoms with E-state index in [2.05, 4.69) is 42.5 Å². The van der Waals surface area contributed by atoms with Crippen molar-refractivity contribution in [2.24, 2.45) is 5.73 Å². The van der Waals surface area contributed by atoms with Crippen molar-refractivity contribution in [3.63, 3.8) is 0 Å². The molecule has 1 unspecified atom stereocenters. The molecule has 7 heteroatoms. The van der Waals surface area contributed by atoms with E-state index >= 15 is 0 Å². The number of ether oxygens (including phenoxy) is 1. The topological polar surface area (TPSA) is 90.5 Å². The predicted molar refractivity (Wildman–Crippen MR) is 145 cm³/mol. The van der Waals surface area contributed by atoms with Gasteiger partial charge in [-0.05, 0) is 56.2 Å². The van der Waals surface area contributed by atoms with Crippen molar-refractivity contribution in [1.29, 1.82) is 0 Å². The molecule has 37 heavy (non-hydrogen) atoms. The zero-order valence-corrected chi connectivity index (χ0v) is 21.5. The Morgan fingerprint density at radius 1 is 1.05 bits per heavy atom. The Kier molecular flexibility index (Phi) is 6.46. The van der Waals surface area contributed by atoms with E-state index in [9.17, 15) is 9.59 Å². The van der Waals surface area contributed by atoms with Crippen LogP contribution in [0.4, 0.5) is 5.69 Å². The maximum atomic E-state index is 13.3. The first-order valence-electron chi connectivity index (χ1n) is 12.9. The highest BCUT2D eigenvalue weighted by atomic mass is 16.6. The van der Waals surface area contributed by atoms with Gasteiger partial charge in [0.05, 0.1) is 12.0 Å². The number of amides is 1. The van der Waals surface area contributed by atoms with Crippen LogP contribution in [0.25, 0.3) is 10.9 Å². The number of benzene rings is 2. The van der Waals surface area contributed by atoms with Crippen LogP contribution in [-0.4, -0.2) is 34.5 Å². The summed E-state index contributed by atoms with van der Waals surface area (Å²) >= 11 is 0. The molecule has 2 aromatic heterocycles. The highest BCUT2D eigenvalue weighted by molar-refractivity contribution is 5.98. The molecule has 1 amide bonds. The van der Waals surface area contributed by atoms with Gasteiger partial charge in [-0.1, -0.05) is 31.2 Å². The molecule has 0 spiro atoms. The summed E-state index contributed by atoms with van der Waals surface area (Å²) in [6.45, 7) is 8.77. The number of anilines is 1. The minimum Gasteiger partial charge on any atom is -0.439 e. The van der Waals surface area contributed by atoms with Crippen LogP contribution in [0, 0.1) is 0 Å². The molecule has 0 fully saturated rings. The van der Waals surface area contributed by atoms with Crippen LogP contribution in [0.15, 0.2) is 67.0 Å². The number of para-hydroxylation sites is 1. The second kappa shape index (κ2) is 9.73. The van der Waals surface area contributed by atoms with E-state index in [0.717, 1.165) is 53.8 Å². The molecule has 2 N–H and O–H groups in total. The van der Waals surface area contributed by atoms with Crippen LogP contribution in [0.5, 0.6) is 0 Å². The van der Waals surface area contributed by atoms with Crippen molar-refractivity contribution < 1.29 is 14.3 Å². The zero-order valence-electron chi connectivity index (χ0n) is 21.5. The SMILES string of the molecule is CCCn1cc(C2(c3ccc(N(CC)CC)cc3CC(N)=O)OC(=O)c3cccnc32)c2ccccc21. The molecule has 0 saturated carbocycles. The lowest BCUT2D eigenvalue weighted by Gasteiger charge is -2.32. The Morgan fingerprint density at radius 3 is 2.57 bits per heavy atom. The van der Waals surface area contributed by atoms with Crippen molar-refractivity contribution in [3.05, 3.63) is 94.9 Å². The van der Waals surface area contributed by atoms with Gasteiger partial charge in [0.15, 0.2) is 0 Å². The number of esters is 1. The normalized spacial score (nSPS) is 16.6. The first-order valence-corrected chi connectivity index (χ1v) is 12.9. The van der Waals surface area contributed by atoms with E-state index in [1.165, 1.54) is 0 Å². The van der Waals surface area contributed by atoms with Crippen molar-refractivity contribution >= 4 is 28.5 Å². The number of carbonyl (C=O) groups is 2. The summed E-state index contributed by atoms with van der Waals surface area (Å²) in [6, 6.07) is 17.6. The number of cyclic esters (lactones) is 1. The van der Waals surface area contributed by atoms with E-state index in [-0.39, 0.29) is 6.42 Å². The highest BCUT2D eigenvalue weighted by Crippen LogP contribution is 2.50. The van der Waals surface area contributed by atoms with Crippen LogP contribution in [0.3, 0.4) is 0 Å². The number of fused-ring (bicyclic) bond motifs is 2. The van der Waals surface area contributed by atoms with Crippen LogP contribution in [0.2, 0.25) is 0 Å². The van der Waals surface area contributed by atoms with E-state index in [0.29, 0.717) is 16.8 Å². The van der Waals surface area contributed by atoms with Crippen molar-refractivity contribution in [2.45, 2.75) is 45.8 Å². The summed E-state index contributed by atoms with van der Waals surface area (Å²) in [5.41, 5.74) is 9.65. The summed E-state index contributed by atoms with van der Waals surface area (Å²) < 4.78 is 8.58. The number of nitrogens with zero attached hydrogens (tertiary/aromatic N) is 3. The smallest absolute Gasteiger partial charge is 0.341 e. The van der Waals surface area contributed by atoms with Gasteiger partial charge in [0.1, 0.15) is 5.69 Å². The molecule has 1 aliphatic rings. The molecule has 2 aromatic carbocycles. The second-order valence-corrected chi connectivity index (χ2v) is 9.38. The Balaban J connectivity index is 1.87. The Morgan fingerprint density at radius 2 is 1.84 bits per heavy atom. The quantitative estimate of drug-likeness (QED) is 0.337. The van der Waals surface area contributed by atoms with Gasteiger partial charge in [0.2, 0.25) is 11.5 Å². The fourth-order valence-corrected chi connectivity index (χ4v) is 5.60. The molecule has 190 valence electrons. The Hall–Kier alpha value is -4.13. The van der Waals surface area contributed by atoms with E-state index < -0.39 is 17.5 Å². The predicted octanol–water partition coefficient (Wildman–Crippen LogP) is 4.78. The van der Waals surface area contributed by atoms with Crippen molar-refractivity contribution in [3.8, 4) is 0 Å². The summed E-state index contributed by atoms with van der Waals surface area (Å²) in [6.07, 6.45) is 4.71. The number of hydrogen-bond donors (Lipinski definition) is 1. The number of aromatic nitrogens is 2. The van der Waals surface area contributed by atoms with Gasteiger partial charge in [-0.15, -0.1) is 0 Å². The van der Waals surface area contributed by atoms with Crippen LogP contribution >= 0.6 is 0 Å². The van der Waals surface area contributed by atoms with E-state index in [1.54, 1.807) is 18.3 Å². The average Bonchev–Trinajstić information content (AvgIpc) is 3.41. The average molecular weight is 497 g/mol. The minimum absolute atomic E-state index is 0.0134. The zero-order chi connectivity index (χ0) is 26.2. The largest absolute Gasteiger partial charge is 0.439 e. The fraction of sp³-hybridized carbons (Fsp3) is 0.300. The third kappa shape index (κ3) is 3.95. The van der Waals surface area contributed by atoms with E-state index in [4.69, 9.17) is 15.5 Å². The van der Waals surface area contributed by atoms with E-state index in [1.807, 2.05) is 36.4 Å². The van der Waals surface area contributed by atoms with Gasteiger partial charge in [-0.25, -0.2) is 4.79 Å². The maximum absolute atomic E-state index is 13.3. The maximum Gasteiger partial charge on any atom is 0.341 e. The standard InChI is InChI=1S/C30H32N4O3/c1-4-16-34-19-25(22-10-7-8-12-26(22)34)30(28-23(29(36)37-30)11-9-15-32-28)24-14-13-21(33(5-2)6-3)17-20(24)18-27(31)35/h7-15,17,19H,4-6,16,18H2,1-3H3,(H2,31,35). The van der Waals surface area contributed by atoms with Crippen molar-refractivity contribution in [2.75, 3.05) is 18.0 Å². The van der Waals surface area contributed by atoms with Gasteiger partial charge < -0.3 is 19.9 Å². The van der Waals surface area contributed by atoms with Gasteiger partial charge in [0, 0.05) is 59.7 Å². The van der Waals surface area contributed by atoms with Crippen LogP contribution in [-0.2, 0) is 28.1 Å². The molecular weight excluding hydrogens is 464 g/mol. The van der Waals surface area contributed by atoms with Gasteiger partial charge in [0.25, 0.3) is 0 Å². The Labute approximate surface area is 216 Å². The minimum atomic E-state index is -1.32. The molecule has 0 aliphatic carbocycles. The van der Waals surface area contributed by atoms with Gasteiger partial charge in [-0.2, -0.15) is 0 Å². The number of rotatable bonds is 9. The summed E-state index contributed by atoms with van der Waals surface area (Å²) in [4.78, 5) is 32.5. The fourth-order valence-electron chi connectivity index (χ4n) is 5.60. The second-order valence-electron chi connectivity index (χ2n) is 9.38. The molecular formula is C30H32N4O3. The number of carbonyl (C=O) groups excluding carboxylic acids is 2. The van der Waals surface area contributed by atoms with Gasteiger partial charge in [-0.3, -0.25) is 9.78 Å². The monoisotopic (exact) mass is 496 g/mol. The molecule has 0 bridgehead atoms. The first-order chi connectivity index (χ1) is 17.9. The summed E-state index contributed by atoms with van der Waals surface area (Å²) in [5.74, 6) is -0.889. The molecule has 0 saturated heterocycles. The lowest BCUT2D eigenvalue weighted by atomic mass is 9.79. The van der Waals surface area contributed by atoms with Gasteiger partial charge >= 0.3 is 5.97 Å². The lowest BCUT2D eigenvalue weighted by Crippen LogP contribution is -2.33. The molecule has 1 aliphatic heterocycles. The number of aryl methyl sites for hydroxylation is 1. The Bertz CT molecular complexity index is 1490. The molecule has 1 atom stereocenters. The van der Waals surface area contributed by atoms with Crippen molar-refractivity contribution in [1.82, 2.24) is 9.55 Å². The number of hydrogen-bond acceptors (Lipinski definition) is 5. The third-order valence-electron chi connectivity index (χ3n) is 7.20. The number of pyridine rings is 1. The third-order valence-corrected chi connectivity index (χ3v) is 7.20. The number of primary amides is 1. The number of nitrogens with two attached hydrogens (primary N) is 1. The summed E-state index contributed by atoms with van der Waals surface area (Å²) in [7, 11) is 0. The molecule has 5 rings (SSSR count). The lowest BCUT2D eigenvalue weighted by molar-refractivity contribution is -0.117. The summed E-state index contributed by atoms with van der Waals surface area (Å²) in [5, 5.41) is 0.972. The van der Waals surface area contributed by atoms with Crippen LogP contribution < -0.4 is 10.6 Å². The molecule has 0 radical (unpaired) electrons. The molecule has 3 heterocycles. The first kappa shape index (κ1) is 24.6. The molecule has 4 aromatic rings. The van der Waals surface area contributed by atoms with Crippen LogP contribution in [0.1, 0.15) is 59.9 Å². The highest BCUT2D eigenvalue weighted by Gasteiger charge is 2.52.